The maximum Gasteiger partial charge on any atom is 0.289 e. The Morgan fingerprint density at radius 1 is 1.14 bits per heavy atom. The molecule has 0 bridgehead atoms. The smallest absolute Gasteiger partial charge is 0.289 e. The normalized spacial score (nSPS) is 23.9. The van der Waals surface area contributed by atoms with Crippen LogP contribution in [0.25, 0.3) is 0 Å². The standard InChI is InChI=1S/C16H18N4O2/c1-11-4-5-15(18-17-11)19-7-12-9-20(10-13(12)8-19)16(21)14-3-2-6-22-14/h2-6,12-13H,7-10H2,1H3/t12-,13+. The number of likely N-dealkylation sites (tertiary alicyclic amines) is 1. The Labute approximate surface area is 128 Å². The molecule has 0 aromatic carbocycles. The summed E-state index contributed by atoms with van der Waals surface area (Å²) in [4.78, 5) is 16.5. The number of aromatic nitrogens is 2. The van der Waals surface area contributed by atoms with Crippen LogP contribution in [-0.2, 0) is 0 Å². The van der Waals surface area contributed by atoms with Crippen molar-refractivity contribution >= 4 is 11.7 Å². The SMILES string of the molecule is Cc1ccc(N2C[C@H]3CN(C(=O)c4ccco4)C[C@H]3C2)nn1. The molecule has 22 heavy (non-hydrogen) atoms. The van der Waals surface area contributed by atoms with Gasteiger partial charge in [0.2, 0.25) is 0 Å². The predicted octanol–water partition coefficient (Wildman–Crippen LogP) is 1.59. The van der Waals surface area contributed by atoms with E-state index in [1.54, 1.807) is 18.4 Å². The fourth-order valence-corrected chi connectivity index (χ4v) is 3.46. The van der Waals surface area contributed by atoms with Gasteiger partial charge in [-0.25, -0.2) is 0 Å². The Bertz CT molecular complexity index is 654. The second kappa shape index (κ2) is 5.12. The maximum atomic E-state index is 12.3. The molecule has 0 radical (unpaired) electrons. The van der Waals surface area contributed by atoms with Gasteiger partial charge >= 0.3 is 0 Å². The summed E-state index contributed by atoms with van der Waals surface area (Å²) >= 11 is 0. The van der Waals surface area contributed by atoms with Gasteiger partial charge in [-0.15, -0.1) is 5.10 Å². The van der Waals surface area contributed by atoms with E-state index in [-0.39, 0.29) is 5.91 Å². The molecule has 2 fully saturated rings. The van der Waals surface area contributed by atoms with E-state index in [1.165, 1.54) is 0 Å². The minimum atomic E-state index is 0.000998. The summed E-state index contributed by atoms with van der Waals surface area (Å²) in [7, 11) is 0. The number of hydrogen-bond acceptors (Lipinski definition) is 5. The number of nitrogens with zero attached hydrogens (tertiary/aromatic N) is 4. The molecule has 2 aliphatic rings. The molecule has 6 heteroatoms. The van der Waals surface area contributed by atoms with Crippen LogP contribution in [0, 0.1) is 18.8 Å². The molecule has 0 aliphatic carbocycles. The lowest BCUT2D eigenvalue weighted by Crippen LogP contribution is -2.33. The fraction of sp³-hybridized carbons (Fsp3) is 0.438. The summed E-state index contributed by atoms with van der Waals surface area (Å²) in [6.07, 6.45) is 1.54. The third kappa shape index (κ3) is 2.24. The molecule has 0 N–H and O–H groups in total. The van der Waals surface area contributed by atoms with Crippen molar-refractivity contribution in [1.82, 2.24) is 15.1 Å². The van der Waals surface area contributed by atoms with E-state index in [1.807, 2.05) is 24.0 Å². The van der Waals surface area contributed by atoms with E-state index in [9.17, 15) is 4.79 Å². The van der Waals surface area contributed by atoms with Crippen LogP contribution < -0.4 is 4.90 Å². The number of rotatable bonds is 2. The summed E-state index contributed by atoms with van der Waals surface area (Å²) in [5, 5.41) is 8.39. The Morgan fingerprint density at radius 3 is 2.50 bits per heavy atom. The van der Waals surface area contributed by atoms with E-state index in [2.05, 4.69) is 15.1 Å². The van der Waals surface area contributed by atoms with Gasteiger partial charge < -0.3 is 14.2 Å². The quantitative estimate of drug-likeness (QED) is 0.842. The van der Waals surface area contributed by atoms with Crippen LogP contribution in [0.4, 0.5) is 5.82 Å². The molecule has 2 aromatic rings. The summed E-state index contributed by atoms with van der Waals surface area (Å²) in [5.74, 6) is 2.37. The van der Waals surface area contributed by atoms with Gasteiger partial charge in [0.05, 0.1) is 12.0 Å². The second-order valence-corrected chi connectivity index (χ2v) is 6.15. The number of fused-ring (bicyclic) bond motifs is 1. The monoisotopic (exact) mass is 298 g/mol. The summed E-state index contributed by atoms with van der Waals surface area (Å²) in [6, 6.07) is 7.49. The zero-order valence-corrected chi connectivity index (χ0v) is 12.5. The highest BCUT2D eigenvalue weighted by Gasteiger charge is 2.42. The van der Waals surface area contributed by atoms with Gasteiger partial charge in [-0.3, -0.25) is 4.79 Å². The zero-order chi connectivity index (χ0) is 15.1. The molecule has 1 amide bonds. The summed E-state index contributed by atoms with van der Waals surface area (Å²) in [6.45, 7) is 5.39. The Hall–Kier alpha value is -2.37. The van der Waals surface area contributed by atoms with Gasteiger partial charge in [-0.2, -0.15) is 5.10 Å². The lowest BCUT2D eigenvalue weighted by atomic mass is 10.0. The van der Waals surface area contributed by atoms with Gasteiger partial charge in [0.25, 0.3) is 5.91 Å². The molecule has 0 saturated carbocycles. The lowest BCUT2D eigenvalue weighted by Gasteiger charge is -2.21. The molecular weight excluding hydrogens is 280 g/mol. The van der Waals surface area contributed by atoms with E-state index < -0.39 is 0 Å². The first-order chi connectivity index (χ1) is 10.7. The van der Waals surface area contributed by atoms with Gasteiger partial charge in [-0.05, 0) is 31.2 Å². The lowest BCUT2D eigenvalue weighted by molar-refractivity contribution is 0.0751. The number of furan rings is 1. The summed E-state index contributed by atoms with van der Waals surface area (Å²) in [5.41, 5.74) is 0.929. The fourth-order valence-electron chi connectivity index (χ4n) is 3.46. The molecule has 4 rings (SSSR count). The first-order valence-electron chi connectivity index (χ1n) is 7.59. The van der Waals surface area contributed by atoms with Crippen molar-refractivity contribution in [2.45, 2.75) is 6.92 Å². The van der Waals surface area contributed by atoms with Crippen LogP contribution in [0.2, 0.25) is 0 Å². The molecule has 114 valence electrons. The number of carbonyl (C=O) groups excluding carboxylic acids is 1. The van der Waals surface area contributed by atoms with Crippen LogP contribution in [0.5, 0.6) is 0 Å². The Morgan fingerprint density at radius 2 is 1.91 bits per heavy atom. The summed E-state index contributed by atoms with van der Waals surface area (Å²) < 4.78 is 5.21. The van der Waals surface area contributed by atoms with Crippen molar-refractivity contribution < 1.29 is 9.21 Å². The Balaban J connectivity index is 1.42. The van der Waals surface area contributed by atoms with E-state index in [0.717, 1.165) is 37.7 Å². The zero-order valence-electron chi connectivity index (χ0n) is 12.5. The van der Waals surface area contributed by atoms with Crippen LogP contribution in [0.15, 0.2) is 34.9 Å². The molecule has 2 aliphatic heterocycles. The third-order valence-electron chi connectivity index (χ3n) is 4.61. The van der Waals surface area contributed by atoms with Crippen LogP contribution in [-0.4, -0.2) is 47.2 Å². The van der Waals surface area contributed by atoms with Crippen molar-refractivity contribution in [1.29, 1.82) is 0 Å². The van der Waals surface area contributed by atoms with Crippen molar-refractivity contribution in [2.24, 2.45) is 11.8 Å². The van der Waals surface area contributed by atoms with E-state index in [4.69, 9.17) is 4.42 Å². The number of hydrogen-bond donors (Lipinski definition) is 0. The van der Waals surface area contributed by atoms with Gasteiger partial charge in [0.15, 0.2) is 11.6 Å². The molecule has 0 spiro atoms. The molecule has 2 saturated heterocycles. The molecule has 0 unspecified atom stereocenters. The Kier molecular flexibility index (Phi) is 3.10. The van der Waals surface area contributed by atoms with Gasteiger partial charge in [0, 0.05) is 38.0 Å². The predicted molar refractivity (Wildman–Crippen MR) is 80.6 cm³/mol. The average Bonchev–Trinajstić information content (AvgIpc) is 3.23. The largest absolute Gasteiger partial charge is 0.459 e. The average molecular weight is 298 g/mol. The first kappa shape index (κ1) is 13.3. The van der Waals surface area contributed by atoms with Crippen LogP contribution in [0.1, 0.15) is 16.2 Å². The maximum absolute atomic E-state index is 12.3. The third-order valence-corrected chi connectivity index (χ3v) is 4.61. The number of carbonyl (C=O) groups is 1. The van der Waals surface area contributed by atoms with Crippen molar-refractivity contribution in [3.05, 3.63) is 42.0 Å². The molecular formula is C16H18N4O2. The highest BCUT2D eigenvalue weighted by Crippen LogP contribution is 2.33. The van der Waals surface area contributed by atoms with Gasteiger partial charge in [0.1, 0.15) is 0 Å². The van der Waals surface area contributed by atoms with Crippen molar-refractivity contribution in [3.63, 3.8) is 0 Å². The molecule has 4 heterocycles. The molecule has 2 aromatic heterocycles. The van der Waals surface area contributed by atoms with E-state index >= 15 is 0 Å². The van der Waals surface area contributed by atoms with Gasteiger partial charge in [-0.1, -0.05) is 0 Å². The number of aryl methyl sites for hydroxylation is 1. The minimum Gasteiger partial charge on any atom is -0.459 e. The highest BCUT2D eigenvalue weighted by molar-refractivity contribution is 5.91. The van der Waals surface area contributed by atoms with E-state index in [0.29, 0.717) is 17.6 Å². The minimum absolute atomic E-state index is 0.000998. The second-order valence-electron chi connectivity index (χ2n) is 6.15. The highest BCUT2D eigenvalue weighted by atomic mass is 16.3. The topological polar surface area (TPSA) is 62.5 Å². The molecule has 2 atom stereocenters. The van der Waals surface area contributed by atoms with Crippen molar-refractivity contribution in [3.8, 4) is 0 Å². The number of anilines is 1. The van der Waals surface area contributed by atoms with Crippen LogP contribution >= 0.6 is 0 Å². The number of amides is 1. The first-order valence-corrected chi connectivity index (χ1v) is 7.59. The van der Waals surface area contributed by atoms with Crippen LogP contribution in [0.3, 0.4) is 0 Å². The van der Waals surface area contributed by atoms with Crippen molar-refractivity contribution in [2.75, 3.05) is 31.1 Å². The molecule has 6 nitrogen and oxygen atoms in total.